The largest absolute Gasteiger partial charge is 0.489 e. The summed E-state index contributed by atoms with van der Waals surface area (Å²) in [5, 5.41) is 0.638. The van der Waals surface area contributed by atoms with Gasteiger partial charge in [0.1, 0.15) is 18.2 Å². The van der Waals surface area contributed by atoms with E-state index in [1.165, 1.54) is 0 Å². The van der Waals surface area contributed by atoms with Crippen molar-refractivity contribution in [2.45, 2.75) is 13.2 Å². The number of hydrogen-bond acceptors (Lipinski definition) is 2. The van der Waals surface area contributed by atoms with Gasteiger partial charge in [0.15, 0.2) is 0 Å². The third-order valence-corrected chi connectivity index (χ3v) is 2.84. The third-order valence-electron chi connectivity index (χ3n) is 2.59. The average molecular weight is 266 g/mol. The molecule has 0 radical (unpaired) electrons. The van der Waals surface area contributed by atoms with E-state index in [2.05, 4.69) is 0 Å². The Bertz CT molecular complexity index is 528. The summed E-state index contributed by atoms with van der Waals surface area (Å²) in [5.41, 5.74) is 6.43. The molecule has 0 aromatic heterocycles. The summed E-state index contributed by atoms with van der Waals surface area (Å²) in [4.78, 5) is 0. The number of ether oxygens (including phenoxy) is 1. The summed E-state index contributed by atoms with van der Waals surface area (Å²) in [6.45, 7) is 0.349. The van der Waals surface area contributed by atoms with Gasteiger partial charge in [-0.05, 0) is 24.3 Å². The molecular formula is C14H13ClFNO. The van der Waals surface area contributed by atoms with Crippen LogP contribution in [0, 0.1) is 5.82 Å². The van der Waals surface area contributed by atoms with Gasteiger partial charge in [0, 0.05) is 22.7 Å². The van der Waals surface area contributed by atoms with E-state index in [0.717, 1.165) is 0 Å². The second-order valence-corrected chi connectivity index (χ2v) is 4.27. The molecule has 0 heterocycles. The molecule has 2 aromatic rings. The van der Waals surface area contributed by atoms with Crippen molar-refractivity contribution in [1.29, 1.82) is 0 Å². The Labute approximate surface area is 110 Å². The summed E-state index contributed by atoms with van der Waals surface area (Å²) < 4.78 is 19.3. The van der Waals surface area contributed by atoms with Crippen molar-refractivity contribution in [3.05, 3.63) is 64.4 Å². The molecule has 18 heavy (non-hydrogen) atoms. The van der Waals surface area contributed by atoms with Crippen molar-refractivity contribution >= 4 is 11.6 Å². The minimum Gasteiger partial charge on any atom is -0.489 e. The second-order valence-electron chi connectivity index (χ2n) is 3.84. The zero-order chi connectivity index (χ0) is 13.0. The molecule has 0 amide bonds. The van der Waals surface area contributed by atoms with Crippen molar-refractivity contribution in [3.63, 3.8) is 0 Å². The van der Waals surface area contributed by atoms with Gasteiger partial charge in [0.2, 0.25) is 0 Å². The molecule has 4 heteroatoms. The van der Waals surface area contributed by atoms with Crippen LogP contribution in [0.3, 0.4) is 0 Å². The fourth-order valence-corrected chi connectivity index (χ4v) is 1.72. The molecule has 0 aliphatic rings. The van der Waals surface area contributed by atoms with Crippen LogP contribution in [0.2, 0.25) is 5.02 Å². The lowest BCUT2D eigenvalue weighted by Crippen LogP contribution is -2.05. The van der Waals surface area contributed by atoms with Crippen LogP contribution in [0.5, 0.6) is 5.75 Å². The van der Waals surface area contributed by atoms with E-state index >= 15 is 0 Å². The number of rotatable bonds is 4. The highest BCUT2D eigenvalue weighted by molar-refractivity contribution is 6.30. The minimum atomic E-state index is -0.297. The van der Waals surface area contributed by atoms with Crippen molar-refractivity contribution in [1.82, 2.24) is 0 Å². The number of hydrogen-bond donors (Lipinski definition) is 1. The van der Waals surface area contributed by atoms with Crippen LogP contribution in [-0.4, -0.2) is 0 Å². The van der Waals surface area contributed by atoms with E-state index < -0.39 is 0 Å². The Morgan fingerprint density at radius 2 is 1.72 bits per heavy atom. The van der Waals surface area contributed by atoms with Crippen LogP contribution in [0.15, 0.2) is 42.5 Å². The third kappa shape index (κ3) is 3.00. The Morgan fingerprint density at radius 3 is 2.39 bits per heavy atom. The molecule has 2 N–H and O–H groups in total. The molecule has 0 saturated heterocycles. The molecule has 2 nitrogen and oxygen atoms in total. The van der Waals surface area contributed by atoms with Gasteiger partial charge in [0.25, 0.3) is 0 Å². The molecule has 2 aromatic carbocycles. The van der Waals surface area contributed by atoms with E-state index in [-0.39, 0.29) is 19.0 Å². The quantitative estimate of drug-likeness (QED) is 0.918. The molecule has 0 bridgehead atoms. The summed E-state index contributed by atoms with van der Waals surface area (Å²) in [5.74, 6) is 0.353. The zero-order valence-electron chi connectivity index (χ0n) is 9.70. The lowest BCUT2D eigenvalue weighted by Gasteiger charge is -2.09. The monoisotopic (exact) mass is 265 g/mol. The van der Waals surface area contributed by atoms with Gasteiger partial charge in [-0.25, -0.2) is 4.39 Å². The fraction of sp³-hybridized carbons (Fsp3) is 0.143. The van der Waals surface area contributed by atoms with Gasteiger partial charge in [-0.2, -0.15) is 0 Å². The van der Waals surface area contributed by atoms with Gasteiger partial charge in [-0.15, -0.1) is 0 Å². The molecule has 0 aliphatic heterocycles. The highest BCUT2D eigenvalue weighted by atomic mass is 35.5. The lowest BCUT2D eigenvalue weighted by molar-refractivity contribution is 0.299. The summed E-state index contributed by atoms with van der Waals surface area (Å²) in [6, 6.07) is 12.1. The highest BCUT2D eigenvalue weighted by Crippen LogP contribution is 2.18. The molecule has 0 saturated carbocycles. The molecule has 0 aliphatic carbocycles. The molecule has 0 atom stereocenters. The SMILES string of the molecule is NCc1cccc(COc2ccc(Cl)cc2)c1F. The first-order valence-corrected chi connectivity index (χ1v) is 5.93. The number of benzene rings is 2. The first-order chi connectivity index (χ1) is 8.70. The summed E-state index contributed by atoms with van der Waals surface area (Å²) in [7, 11) is 0. The summed E-state index contributed by atoms with van der Waals surface area (Å²) in [6.07, 6.45) is 0. The average Bonchev–Trinajstić information content (AvgIpc) is 2.39. The number of halogens is 2. The molecule has 2 rings (SSSR count). The normalized spacial score (nSPS) is 10.4. The van der Waals surface area contributed by atoms with Crippen LogP contribution < -0.4 is 10.5 Å². The Balaban J connectivity index is 2.08. The molecule has 94 valence electrons. The van der Waals surface area contributed by atoms with Gasteiger partial charge in [-0.3, -0.25) is 0 Å². The first-order valence-electron chi connectivity index (χ1n) is 5.55. The predicted molar refractivity (Wildman–Crippen MR) is 70.1 cm³/mol. The van der Waals surface area contributed by atoms with Crippen LogP contribution in [0.25, 0.3) is 0 Å². The van der Waals surface area contributed by atoms with Crippen LogP contribution in [-0.2, 0) is 13.2 Å². The van der Waals surface area contributed by atoms with Crippen molar-refractivity contribution in [2.75, 3.05) is 0 Å². The van der Waals surface area contributed by atoms with Crippen molar-refractivity contribution < 1.29 is 9.13 Å². The maximum atomic E-state index is 13.9. The van der Waals surface area contributed by atoms with Crippen molar-refractivity contribution in [3.8, 4) is 5.75 Å². The van der Waals surface area contributed by atoms with Crippen LogP contribution in [0.4, 0.5) is 4.39 Å². The van der Waals surface area contributed by atoms with E-state index in [1.54, 1.807) is 42.5 Å². The van der Waals surface area contributed by atoms with E-state index in [4.69, 9.17) is 22.1 Å². The Hall–Kier alpha value is -1.58. The maximum absolute atomic E-state index is 13.9. The Kier molecular flexibility index (Phi) is 4.18. The van der Waals surface area contributed by atoms with Crippen molar-refractivity contribution in [2.24, 2.45) is 5.73 Å². The maximum Gasteiger partial charge on any atom is 0.134 e. The molecule has 0 unspecified atom stereocenters. The molecular weight excluding hydrogens is 253 g/mol. The van der Waals surface area contributed by atoms with Crippen LogP contribution in [0.1, 0.15) is 11.1 Å². The van der Waals surface area contributed by atoms with E-state index in [0.29, 0.717) is 21.9 Å². The second kappa shape index (κ2) is 5.85. The standard InChI is InChI=1S/C14H13ClFNO/c15-12-4-6-13(7-5-12)18-9-11-3-1-2-10(8-17)14(11)16/h1-7H,8-9,17H2. The lowest BCUT2D eigenvalue weighted by atomic mass is 10.1. The van der Waals surface area contributed by atoms with Gasteiger partial charge in [-0.1, -0.05) is 29.8 Å². The highest BCUT2D eigenvalue weighted by Gasteiger charge is 2.07. The van der Waals surface area contributed by atoms with Crippen LogP contribution >= 0.6 is 11.6 Å². The van der Waals surface area contributed by atoms with E-state index in [1.807, 2.05) is 0 Å². The summed E-state index contributed by atoms with van der Waals surface area (Å²) >= 11 is 5.76. The smallest absolute Gasteiger partial charge is 0.134 e. The number of nitrogens with two attached hydrogens (primary N) is 1. The van der Waals surface area contributed by atoms with Gasteiger partial charge >= 0.3 is 0 Å². The van der Waals surface area contributed by atoms with E-state index in [9.17, 15) is 4.39 Å². The first kappa shape index (κ1) is 12.9. The molecule has 0 fully saturated rings. The molecule has 0 spiro atoms. The topological polar surface area (TPSA) is 35.2 Å². The fourth-order valence-electron chi connectivity index (χ4n) is 1.59. The van der Waals surface area contributed by atoms with Gasteiger partial charge in [0.05, 0.1) is 0 Å². The van der Waals surface area contributed by atoms with Gasteiger partial charge < -0.3 is 10.5 Å². The Morgan fingerprint density at radius 1 is 1.06 bits per heavy atom. The minimum absolute atomic E-state index is 0.168. The zero-order valence-corrected chi connectivity index (χ0v) is 10.5. The predicted octanol–water partition coefficient (Wildman–Crippen LogP) is 3.52.